The van der Waals surface area contributed by atoms with Crippen LogP contribution < -0.4 is 15.9 Å². The van der Waals surface area contributed by atoms with E-state index in [0.29, 0.717) is 15.9 Å². The van der Waals surface area contributed by atoms with Gasteiger partial charge in [0.25, 0.3) is 0 Å². The molecule has 3 rings (SSSR count). The highest BCUT2D eigenvalue weighted by Crippen LogP contribution is 2.52. The monoisotopic (exact) mass is 481 g/mol. The fourth-order valence-electron chi connectivity index (χ4n) is 3.29. The summed E-state index contributed by atoms with van der Waals surface area (Å²) in [6, 6.07) is 12.4. The average molecular weight is 481 g/mol. The molecule has 0 unspecified atom stereocenters. The van der Waals surface area contributed by atoms with E-state index in [1.54, 1.807) is 6.66 Å². The first-order valence-electron chi connectivity index (χ1n) is 9.03. The lowest BCUT2D eigenvalue weighted by molar-refractivity contribution is -0.138. The van der Waals surface area contributed by atoms with Crippen molar-refractivity contribution >= 4 is 23.2 Å². The summed E-state index contributed by atoms with van der Waals surface area (Å²) in [7, 11) is -2.84. The molecule has 3 aromatic carbocycles. The van der Waals surface area contributed by atoms with E-state index < -0.39 is 42.5 Å². The molecule has 0 aliphatic rings. The van der Waals surface area contributed by atoms with Crippen molar-refractivity contribution < 1.29 is 39.5 Å². The molecule has 0 radical (unpaired) electrons. The van der Waals surface area contributed by atoms with Crippen LogP contribution in [0.2, 0.25) is 0 Å². The predicted molar refractivity (Wildman–Crippen MR) is 106 cm³/mol. The van der Waals surface area contributed by atoms with Gasteiger partial charge in [0, 0.05) is 0 Å². The summed E-state index contributed by atoms with van der Waals surface area (Å²) in [5.74, 6) is 0. The van der Waals surface area contributed by atoms with E-state index in [1.807, 2.05) is 0 Å². The normalized spacial score (nSPS) is 13.3. The molecule has 0 N–H and O–H groups in total. The minimum atomic E-state index is -4.59. The minimum absolute atomic E-state index is 0.380. The summed E-state index contributed by atoms with van der Waals surface area (Å²) in [4.78, 5) is 0. The zero-order valence-electron chi connectivity index (χ0n) is 16.3. The zero-order valence-corrected chi connectivity index (χ0v) is 17.2. The van der Waals surface area contributed by atoms with Gasteiger partial charge in [-0.25, -0.2) is 0 Å². The Balaban J connectivity index is 2.17. The molecule has 0 aromatic heterocycles. The molecule has 0 atom stereocenters. The smallest absolute Gasteiger partial charge is 0.166 e. The van der Waals surface area contributed by atoms with Gasteiger partial charge in [-0.15, -0.1) is 0 Å². The van der Waals surface area contributed by atoms with Crippen LogP contribution in [-0.4, -0.2) is 6.66 Å². The molecule has 0 fully saturated rings. The fourth-order valence-corrected chi connectivity index (χ4v) is 6.42. The number of benzene rings is 3. The number of hydrogen-bond acceptors (Lipinski definition) is 0. The van der Waals surface area contributed by atoms with Crippen LogP contribution in [0.3, 0.4) is 0 Å². The second-order valence-corrected chi connectivity index (χ2v) is 10.7. The summed E-state index contributed by atoms with van der Waals surface area (Å²) in [5.41, 5.74) is -2.73. The van der Waals surface area contributed by atoms with Gasteiger partial charge < -0.3 is 0 Å². The summed E-state index contributed by atoms with van der Waals surface area (Å²) in [5, 5.41) is 1.14. The van der Waals surface area contributed by atoms with Gasteiger partial charge in [0.2, 0.25) is 0 Å². The van der Waals surface area contributed by atoms with E-state index in [1.165, 1.54) is 36.4 Å². The van der Waals surface area contributed by atoms with Crippen molar-refractivity contribution in [3.8, 4) is 0 Å². The Labute approximate surface area is 178 Å². The second-order valence-electron chi connectivity index (χ2n) is 7.14. The highest BCUT2D eigenvalue weighted by molar-refractivity contribution is 7.95. The van der Waals surface area contributed by atoms with E-state index >= 15 is 0 Å². The van der Waals surface area contributed by atoms with Gasteiger partial charge in [0.1, 0.15) is 23.2 Å². The highest BCUT2D eigenvalue weighted by Gasteiger charge is 2.43. The Bertz CT molecular complexity index is 920. The Kier molecular flexibility index (Phi) is 6.11. The Morgan fingerprint density at radius 1 is 0.406 bits per heavy atom. The highest BCUT2D eigenvalue weighted by atomic mass is 31.2. The van der Waals surface area contributed by atoms with Crippen LogP contribution >= 0.6 is 7.26 Å². The SMILES string of the molecule is C[P+](c1ccc(C(F)(F)F)cc1)(c1ccc(C(F)(F)F)cc1)c1ccc(C(F)(F)F)cc1. The number of rotatable bonds is 3. The number of hydrogen-bond donors (Lipinski definition) is 0. The lowest BCUT2D eigenvalue weighted by Crippen LogP contribution is -2.31. The van der Waals surface area contributed by atoms with Gasteiger partial charge in [0.15, 0.2) is 0 Å². The van der Waals surface area contributed by atoms with Gasteiger partial charge in [0.05, 0.1) is 23.4 Å². The molecule has 0 aliphatic carbocycles. The predicted octanol–water partition coefficient (Wildman–Crippen LogP) is 6.67. The molecule has 0 heterocycles. The van der Waals surface area contributed by atoms with Crippen LogP contribution in [0.5, 0.6) is 0 Å². The molecule has 170 valence electrons. The van der Waals surface area contributed by atoms with Crippen molar-refractivity contribution in [1.29, 1.82) is 0 Å². The summed E-state index contributed by atoms with van der Waals surface area (Å²) in [6.07, 6.45) is -13.8. The molecule has 0 saturated heterocycles. The lowest BCUT2D eigenvalue weighted by Gasteiger charge is -2.24. The molecule has 3 aromatic rings. The van der Waals surface area contributed by atoms with Crippen molar-refractivity contribution in [3.63, 3.8) is 0 Å². The van der Waals surface area contributed by atoms with Crippen molar-refractivity contribution in [3.05, 3.63) is 89.5 Å². The van der Waals surface area contributed by atoms with E-state index in [4.69, 9.17) is 0 Å². The largest absolute Gasteiger partial charge is 0.416 e. The van der Waals surface area contributed by atoms with Gasteiger partial charge in [-0.2, -0.15) is 39.5 Å². The van der Waals surface area contributed by atoms with Crippen molar-refractivity contribution in [2.75, 3.05) is 6.66 Å². The minimum Gasteiger partial charge on any atom is -0.166 e. The van der Waals surface area contributed by atoms with E-state index in [0.717, 1.165) is 36.4 Å². The standard InChI is InChI=1S/C22H15F9P/c1-32(17-8-2-14(3-9-17)20(23,24)25,18-10-4-15(5-11-18)21(26,27)28)19-12-6-16(7-13-19)22(29,30)31/h2-13H,1H3/q+1. The summed E-state index contributed by atoms with van der Waals surface area (Å²) in [6.45, 7) is 1.64. The third-order valence-corrected chi connectivity index (χ3v) is 9.13. The van der Waals surface area contributed by atoms with Gasteiger partial charge in [-0.1, -0.05) is 0 Å². The third kappa shape index (κ3) is 4.77. The van der Waals surface area contributed by atoms with Crippen LogP contribution in [-0.2, 0) is 18.5 Å². The maximum atomic E-state index is 13.0. The molecule has 32 heavy (non-hydrogen) atoms. The zero-order chi connectivity index (χ0) is 23.9. The van der Waals surface area contributed by atoms with Gasteiger partial charge in [-0.3, -0.25) is 0 Å². The van der Waals surface area contributed by atoms with Crippen LogP contribution in [0.4, 0.5) is 39.5 Å². The maximum absolute atomic E-state index is 13.0. The van der Waals surface area contributed by atoms with Crippen LogP contribution in [0, 0.1) is 0 Å². The molecule has 0 saturated carbocycles. The Morgan fingerprint density at radius 3 is 0.750 bits per heavy atom. The molecule has 0 spiro atoms. The summed E-state index contributed by atoms with van der Waals surface area (Å²) < 4.78 is 117. The molecular formula is C22H15F9P+. The van der Waals surface area contributed by atoms with E-state index in [-0.39, 0.29) is 0 Å². The van der Waals surface area contributed by atoms with E-state index in [2.05, 4.69) is 0 Å². The lowest BCUT2D eigenvalue weighted by atomic mass is 10.2. The Hall–Kier alpha value is -2.54. The van der Waals surface area contributed by atoms with Crippen LogP contribution in [0.25, 0.3) is 0 Å². The van der Waals surface area contributed by atoms with E-state index in [9.17, 15) is 39.5 Å². The molecule has 0 nitrogen and oxygen atoms in total. The summed E-state index contributed by atoms with van der Waals surface area (Å²) >= 11 is 0. The molecule has 0 bridgehead atoms. The molecule has 10 heteroatoms. The molecule has 0 aliphatic heterocycles. The quantitative estimate of drug-likeness (QED) is 0.290. The molecule has 0 amide bonds. The Morgan fingerprint density at radius 2 is 0.594 bits per heavy atom. The average Bonchev–Trinajstić information content (AvgIpc) is 2.71. The van der Waals surface area contributed by atoms with Crippen molar-refractivity contribution in [2.45, 2.75) is 18.5 Å². The topological polar surface area (TPSA) is 0 Å². The first-order chi connectivity index (χ1) is 14.6. The van der Waals surface area contributed by atoms with Crippen molar-refractivity contribution in [1.82, 2.24) is 0 Å². The second kappa shape index (κ2) is 8.10. The van der Waals surface area contributed by atoms with Crippen LogP contribution in [0.15, 0.2) is 72.8 Å². The van der Waals surface area contributed by atoms with Gasteiger partial charge in [-0.05, 0) is 72.8 Å². The first kappa shape index (κ1) is 24.1. The third-order valence-electron chi connectivity index (χ3n) is 5.13. The van der Waals surface area contributed by atoms with Crippen LogP contribution in [0.1, 0.15) is 16.7 Å². The van der Waals surface area contributed by atoms with Gasteiger partial charge >= 0.3 is 18.5 Å². The fraction of sp³-hybridized carbons (Fsp3) is 0.182. The number of halogens is 9. The van der Waals surface area contributed by atoms with Crippen molar-refractivity contribution in [2.24, 2.45) is 0 Å². The first-order valence-corrected chi connectivity index (χ1v) is 11.3. The maximum Gasteiger partial charge on any atom is 0.416 e. The molecular weight excluding hydrogens is 466 g/mol. The number of alkyl halides is 9.